The molecule has 4 heterocycles. The summed E-state index contributed by atoms with van der Waals surface area (Å²) < 4.78 is 39.8. The van der Waals surface area contributed by atoms with Crippen molar-refractivity contribution in [3.05, 3.63) is 60.0 Å². The number of rotatable bonds is 6. The summed E-state index contributed by atoms with van der Waals surface area (Å²) in [5, 5.41) is 6.89. The number of anilines is 2. The number of ether oxygens (including phenoxy) is 2. The Hall–Kier alpha value is -3.90. The van der Waals surface area contributed by atoms with E-state index in [1.54, 1.807) is 28.9 Å². The molecule has 0 bridgehead atoms. The summed E-state index contributed by atoms with van der Waals surface area (Å²) in [6.07, 6.45) is 5.85. The quantitative estimate of drug-likeness (QED) is 0.368. The van der Waals surface area contributed by atoms with Gasteiger partial charge in [0.2, 0.25) is 0 Å². The molecule has 34 heavy (non-hydrogen) atoms. The maximum atomic E-state index is 15.1. The summed E-state index contributed by atoms with van der Waals surface area (Å²) in [6.45, 7) is 0. The monoisotopic (exact) mass is 499 g/mol. The molecule has 0 radical (unpaired) electrons. The molecule has 5 rings (SSSR count). The molecule has 1 aromatic carbocycles. The van der Waals surface area contributed by atoms with E-state index < -0.39 is 16.6 Å². The molecular formula is C21H15ClFN7O3S. The van der Waals surface area contributed by atoms with Crippen molar-refractivity contribution in [2.24, 2.45) is 0 Å². The predicted molar refractivity (Wildman–Crippen MR) is 124 cm³/mol. The number of aromatic nitrogens is 6. The van der Waals surface area contributed by atoms with Crippen molar-refractivity contribution < 1.29 is 18.1 Å². The van der Waals surface area contributed by atoms with Gasteiger partial charge in [-0.2, -0.15) is 5.10 Å². The first-order valence-electron chi connectivity index (χ1n) is 9.70. The highest BCUT2D eigenvalue weighted by molar-refractivity contribution is 7.84. The van der Waals surface area contributed by atoms with Crippen molar-refractivity contribution in [1.82, 2.24) is 29.5 Å². The zero-order valence-corrected chi connectivity index (χ0v) is 19.3. The van der Waals surface area contributed by atoms with Crippen LogP contribution in [0.2, 0.25) is 5.02 Å². The van der Waals surface area contributed by atoms with Gasteiger partial charge in [-0.05, 0) is 18.2 Å². The van der Waals surface area contributed by atoms with E-state index >= 15 is 4.39 Å². The van der Waals surface area contributed by atoms with Crippen LogP contribution in [0.3, 0.4) is 0 Å². The lowest BCUT2D eigenvalue weighted by Crippen LogP contribution is -2.04. The Morgan fingerprint density at radius 3 is 2.76 bits per heavy atom. The molecule has 0 aliphatic heterocycles. The number of nitrogens with zero attached hydrogens (tertiary/aromatic N) is 6. The lowest BCUT2D eigenvalue weighted by Gasteiger charge is -2.13. The van der Waals surface area contributed by atoms with E-state index in [-0.39, 0.29) is 27.3 Å². The maximum Gasteiger partial charge on any atom is 0.169 e. The summed E-state index contributed by atoms with van der Waals surface area (Å²) in [5.41, 5.74) is 1.34. The highest BCUT2D eigenvalue weighted by Gasteiger charge is 2.18. The molecule has 0 saturated carbocycles. The van der Waals surface area contributed by atoms with Gasteiger partial charge in [-0.25, -0.2) is 28.8 Å². The molecular weight excluding hydrogens is 485 g/mol. The summed E-state index contributed by atoms with van der Waals surface area (Å²) >= 11 is 6.26. The molecule has 13 heteroatoms. The number of hydrogen-bond acceptors (Lipinski definition) is 9. The Balaban J connectivity index is 1.48. The smallest absolute Gasteiger partial charge is 0.169 e. The highest BCUT2D eigenvalue weighted by atomic mass is 35.5. The first kappa shape index (κ1) is 21.9. The second kappa shape index (κ2) is 8.80. The summed E-state index contributed by atoms with van der Waals surface area (Å²) in [6, 6.07) is 7.88. The summed E-state index contributed by atoms with van der Waals surface area (Å²) in [4.78, 5) is 16.8. The highest BCUT2D eigenvalue weighted by Crippen LogP contribution is 2.37. The van der Waals surface area contributed by atoms with E-state index in [2.05, 4.69) is 30.4 Å². The Labute approximate surface area is 199 Å². The molecule has 1 N–H and O–H groups in total. The van der Waals surface area contributed by atoms with Crippen LogP contribution < -0.4 is 14.8 Å². The van der Waals surface area contributed by atoms with E-state index in [1.165, 1.54) is 38.2 Å². The number of nitrogens with one attached hydrogen (secondary N) is 1. The zero-order valence-electron chi connectivity index (χ0n) is 17.7. The summed E-state index contributed by atoms with van der Waals surface area (Å²) in [7, 11) is 0.0199. The number of halogens is 2. The number of benzene rings is 1. The van der Waals surface area contributed by atoms with Crippen molar-refractivity contribution in [2.45, 2.75) is 5.03 Å². The van der Waals surface area contributed by atoms with Crippen LogP contribution in [0.4, 0.5) is 15.9 Å². The Morgan fingerprint density at radius 1 is 1.12 bits per heavy atom. The Morgan fingerprint density at radius 2 is 1.97 bits per heavy atom. The van der Waals surface area contributed by atoms with Crippen molar-refractivity contribution in [3.8, 4) is 17.2 Å². The predicted octanol–water partition coefficient (Wildman–Crippen LogP) is 4.14. The van der Waals surface area contributed by atoms with Gasteiger partial charge in [-0.15, -0.1) is 0 Å². The fraction of sp³-hybridized carbons (Fsp3) is 0.0952. The SMILES string of the molecule is COc1cc2ncnc(Nc3ccc(Oc4ccn5ncnc5c4)c(Cl)c3F)c2nc1S(C)=O. The van der Waals surface area contributed by atoms with Gasteiger partial charge >= 0.3 is 0 Å². The van der Waals surface area contributed by atoms with E-state index in [0.717, 1.165) is 0 Å². The standard InChI is InChI=1S/C21H15ClFN7O3S/c1-32-15-8-13-19(29-21(15)34(2)31)20(26-9-24-13)28-12-3-4-14(17(22)18(12)23)33-11-5-6-30-16(7-11)25-10-27-30/h3-10H,1-2H3,(H,24,26,28). The van der Waals surface area contributed by atoms with Crippen molar-refractivity contribution >= 4 is 50.6 Å². The minimum atomic E-state index is -1.43. The van der Waals surface area contributed by atoms with Gasteiger partial charge < -0.3 is 14.8 Å². The molecule has 0 saturated heterocycles. The van der Waals surface area contributed by atoms with Crippen molar-refractivity contribution in [2.75, 3.05) is 18.7 Å². The third-order valence-corrected chi connectivity index (χ3v) is 6.00. The fourth-order valence-electron chi connectivity index (χ4n) is 3.22. The molecule has 0 fully saturated rings. The molecule has 1 atom stereocenters. The van der Waals surface area contributed by atoms with E-state index in [4.69, 9.17) is 21.1 Å². The van der Waals surface area contributed by atoms with Gasteiger partial charge in [0.15, 0.2) is 28.1 Å². The lowest BCUT2D eigenvalue weighted by molar-refractivity contribution is 0.401. The van der Waals surface area contributed by atoms with Crippen LogP contribution in [0.5, 0.6) is 17.2 Å². The zero-order chi connectivity index (χ0) is 23.8. The van der Waals surface area contributed by atoms with Gasteiger partial charge in [0.25, 0.3) is 0 Å². The lowest BCUT2D eigenvalue weighted by atomic mass is 10.2. The molecule has 4 aromatic heterocycles. The number of fused-ring (bicyclic) bond motifs is 2. The maximum absolute atomic E-state index is 15.1. The second-order valence-electron chi connectivity index (χ2n) is 6.93. The summed E-state index contributed by atoms with van der Waals surface area (Å²) in [5.74, 6) is 0.329. The minimum absolute atomic E-state index is 0.0436. The third-order valence-electron chi connectivity index (χ3n) is 4.81. The van der Waals surface area contributed by atoms with Crippen molar-refractivity contribution in [1.29, 1.82) is 0 Å². The molecule has 172 valence electrons. The number of methoxy groups -OCH3 is 1. The normalized spacial score (nSPS) is 12.1. The van der Waals surface area contributed by atoms with Crippen LogP contribution in [0.25, 0.3) is 16.7 Å². The van der Waals surface area contributed by atoms with E-state index in [0.29, 0.717) is 28.2 Å². The van der Waals surface area contributed by atoms with Gasteiger partial charge in [0, 0.05) is 24.6 Å². The van der Waals surface area contributed by atoms with Gasteiger partial charge in [-0.1, -0.05) is 11.6 Å². The largest absolute Gasteiger partial charge is 0.494 e. The van der Waals surface area contributed by atoms with Crippen LogP contribution in [0, 0.1) is 5.82 Å². The fourth-order valence-corrected chi connectivity index (χ4v) is 4.06. The third kappa shape index (κ3) is 3.97. The number of pyridine rings is 2. The molecule has 0 aliphatic carbocycles. The topological polar surface area (TPSA) is 116 Å². The Kier molecular flexibility index (Phi) is 5.67. The van der Waals surface area contributed by atoms with E-state index in [9.17, 15) is 4.21 Å². The first-order valence-corrected chi connectivity index (χ1v) is 11.6. The molecule has 5 aromatic rings. The van der Waals surface area contributed by atoms with Crippen LogP contribution >= 0.6 is 11.6 Å². The van der Waals surface area contributed by atoms with Gasteiger partial charge in [-0.3, -0.25) is 4.21 Å². The van der Waals surface area contributed by atoms with Crippen LogP contribution in [-0.2, 0) is 10.8 Å². The number of hydrogen-bond donors (Lipinski definition) is 1. The van der Waals surface area contributed by atoms with Crippen LogP contribution in [0.1, 0.15) is 0 Å². The Bertz CT molecular complexity index is 1580. The first-order chi connectivity index (χ1) is 16.4. The molecule has 0 aliphatic rings. The van der Waals surface area contributed by atoms with E-state index in [1.807, 2.05) is 0 Å². The van der Waals surface area contributed by atoms with Gasteiger partial charge in [0.05, 0.1) is 29.1 Å². The molecule has 0 amide bonds. The average Bonchev–Trinajstić information content (AvgIpc) is 3.31. The molecule has 0 spiro atoms. The van der Waals surface area contributed by atoms with Gasteiger partial charge in [0.1, 0.15) is 34.7 Å². The van der Waals surface area contributed by atoms with Crippen LogP contribution in [-0.4, -0.2) is 47.1 Å². The second-order valence-corrected chi connectivity index (χ2v) is 8.60. The van der Waals surface area contributed by atoms with Crippen LogP contribution in [0.15, 0.2) is 54.2 Å². The average molecular weight is 500 g/mol. The molecule has 10 nitrogen and oxygen atoms in total. The van der Waals surface area contributed by atoms with Crippen molar-refractivity contribution in [3.63, 3.8) is 0 Å². The minimum Gasteiger partial charge on any atom is -0.494 e. The molecule has 1 unspecified atom stereocenters.